The van der Waals surface area contributed by atoms with Gasteiger partial charge in [-0.25, -0.2) is 4.98 Å². The van der Waals surface area contributed by atoms with Crippen LogP contribution < -0.4 is 14.4 Å². The van der Waals surface area contributed by atoms with Gasteiger partial charge in [0.1, 0.15) is 5.75 Å². The third kappa shape index (κ3) is 4.42. The number of ether oxygens (including phenoxy) is 2. The third-order valence-corrected chi connectivity index (χ3v) is 3.85. The highest BCUT2D eigenvalue weighted by Crippen LogP contribution is 2.26. The van der Waals surface area contributed by atoms with Gasteiger partial charge < -0.3 is 14.4 Å². The van der Waals surface area contributed by atoms with E-state index in [1.165, 1.54) is 5.56 Å². The summed E-state index contributed by atoms with van der Waals surface area (Å²) in [6, 6.07) is 11.7. The van der Waals surface area contributed by atoms with Crippen LogP contribution in [-0.2, 0) is 5.41 Å². The van der Waals surface area contributed by atoms with E-state index >= 15 is 0 Å². The molecule has 0 saturated carbocycles. The number of anilines is 1. The molecule has 0 amide bonds. The van der Waals surface area contributed by atoms with Crippen LogP contribution >= 0.6 is 12.2 Å². The molecular formula is C18H22N2O2S. The monoisotopic (exact) mass is 330 g/mol. The number of hydrogen-bond acceptors (Lipinski definition) is 4. The van der Waals surface area contributed by atoms with Gasteiger partial charge in [0.25, 0.3) is 5.17 Å². The van der Waals surface area contributed by atoms with Crippen molar-refractivity contribution in [2.75, 3.05) is 19.1 Å². The molecule has 0 bridgehead atoms. The van der Waals surface area contributed by atoms with Crippen LogP contribution in [0.5, 0.6) is 11.6 Å². The quantitative estimate of drug-likeness (QED) is 0.789. The van der Waals surface area contributed by atoms with Crippen LogP contribution in [0.25, 0.3) is 0 Å². The summed E-state index contributed by atoms with van der Waals surface area (Å²) in [6.07, 6.45) is 1.69. The molecule has 23 heavy (non-hydrogen) atoms. The van der Waals surface area contributed by atoms with Crippen LogP contribution in [-0.4, -0.2) is 24.3 Å². The Bertz CT molecular complexity index is 678. The normalized spacial score (nSPS) is 11.0. The Balaban J connectivity index is 2.11. The van der Waals surface area contributed by atoms with E-state index in [9.17, 15) is 0 Å². The van der Waals surface area contributed by atoms with Gasteiger partial charge in [0.2, 0.25) is 5.88 Å². The Kier molecular flexibility index (Phi) is 5.21. The van der Waals surface area contributed by atoms with E-state index in [-0.39, 0.29) is 5.41 Å². The molecule has 0 unspecified atom stereocenters. The van der Waals surface area contributed by atoms with E-state index in [0.29, 0.717) is 11.1 Å². The van der Waals surface area contributed by atoms with Crippen LogP contribution in [0.2, 0.25) is 0 Å². The fourth-order valence-corrected chi connectivity index (χ4v) is 2.19. The predicted molar refractivity (Wildman–Crippen MR) is 97.6 cm³/mol. The lowest BCUT2D eigenvalue weighted by atomic mass is 9.87. The van der Waals surface area contributed by atoms with Crippen LogP contribution in [0.15, 0.2) is 42.6 Å². The van der Waals surface area contributed by atoms with Crippen LogP contribution in [0.1, 0.15) is 26.3 Å². The highest BCUT2D eigenvalue weighted by molar-refractivity contribution is 7.80. The molecule has 0 aliphatic carbocycles. The van der Waals surface area contributed by atoms with Gasteiger partial charge in [0, 0.05) is 13.1 Å². The van der Waals surface area contributed by atoms with Crippen molar-refractivity contribution >= 4 is 23.1 Å². The average molecular weight is 330 g/mol. The number of benzene rings is 1. The molecule has 0 aliphatic heterocycles. The molecule has 1 heterocycles. The van der Waals surface area contributed by atoms with Gasteiger partial charge in [-0.15, -0.1) is 0 Å². The van der Waals surface area contributed by atoms with E-state index in [1.807, 2.05) is 31.3 Å². The lowest BCUT2D eigenvalue weighted by Gasteiger charge is -2.22. The molecule has 0 saturated heterocycles. The highest BCUT2D eigenvalue weighted by atomic mass is 32.1. The van der Waals surface area contributed by atoms with Crippen molar-refractivity contribution in [3.05, 3.63) is 48.2 Å². The Labute approximate surface area is 143 Å². The molecule has 0 aliphatic rings. The van der Waals surface area contributed by atoms with Crippen molar-refractivity contribution < 1.29 is 9.47 Å². The Morgan fingerprint density at radius 1 is 1.17 bits per heavy atom. The largest absolute Gasteiger partial charge is 0.481 e. The highest BCUT2D eigenvalue weighted by Gasteiger charge is 2.15. The summed E-state index contributed by atoms with van der Waals surface area (Å²) in [5.41, 5.74) is 2.10. The summed E-state index contributed by atoms with van der Waals surface area (Å²) < 4.78 is 10.9. The van der Waals surface area contributed by atoms with E-state index in [0.717, 1.165) is 11.4 Å². The lowest BCUT2D eigenvalue weighted by molar-refractivity contribution is 0.398. The molecule has 0 radical (unpaired) electrons. The van der Waals surface area contributed by atoms with Crippen LogP contribution in [0.4, 0.5) is 5.69 Å². The first-order valence-electron chi connectivity index (χ1n) is 7.37. The van der Waals surface area contributed by atoms with Gasteiger partial charge >= 0.3 is 0 Å². The number of hydrogen-bond donors (Lipinski definition) is 0. The number of thiocarbonyl (C=S) groups is 1. The smallest absolute Gasteiger partial charge is 0.269 e. The molecule has 0 fully saturated rings. The fourth-order valence-electron chi connectivity index (χ4n) is 1.99. The summed E-state index contributed by atoms with van der Waals surface area (Å²) in [7, 11) is 3.43. The summed E-state index contributed by atoms with van der Waals surface area (Å²) in [4.78, 5) is 5.94. The molecule has 4 nitrogen and oxygen atoms in total. The minimum atomic E-state index is 0.0623. The molecule has 2 rings (SSSR count). The summed E-state index contributed by atoms with van der Waals surface area (Å²) in [6.45, 7) is 6.50. The van der Waals surface area contributed by atoms with E-state index in [1.54, 1.807) is 24.3 Å². The zero-order valence-electron chi connectivity index (χ0n) is 14.2. The molecule has 122 valence electrons. The SMILES string of the molecule is COc1ccc(N(C)C(=S)Oc2cccc(C(C)(C)C)c2)cn1. The van der Waals surface area contributed by atoms with Gasteiger partial charge in [-0.2, -0.15) is 0 Å². The molecule has 5 heteroatoms. The second-order valence-corrected chi connectivity index (χ2v) is 6.61. The van der Waals surface area contributed by atoms with Gasteiger partial charge in [-0.1, -0.05) is 32.9 Å². The fraction of sp³-hybridized carbons (Fsp3) is 0.333. The molecule has 2 aromatic rings. The number of aromatic nitrogens is 1. The van der Waals surface area contributed by atoms with Gasteiger partial charge in [-0.05, 0) is 41.4 Å². The second-order valence-electron chi connectivity index (χ2n) is 6.26. The van der Waals surface area contributed by atoms with Crippen LogP contribution in [0.3, 0.4) is 0 Å². The molecule has 0 N–H and O–H groups in total. The number of rotatable bonds is 3. The number of methoxy groups -OCH3 is 1. The topological polar surface area (TPSA) is 34.6 Å². The first-order valence-corrected chi connectivity index (χ1v) is 7.78. The number of nitrogens with zero attached hydrogens (tertiary/aromatic N) is 2. The van der Waals surface area contributed by atoms with E-state index in [4.69, 9.17) is 21.7 Å². The lowest BCUT2D eigenvalue weighted by Crippen LogP contribution is -2.29. The van der Waals surface area contributed by atoms with Crippen molar-refractivity contribution in [2.45, 2.75) is 26.2 Å². The Morgan fingerprint density at radius 2 is 1.91 bits per heavy atom. The van der Waals surface area contributed by atoms with E-state index in [2.05, 4.69) is 31.8 Å². The zero-order chi connectivity index (χ0) is 17.0. The Morgan fingerprint density at radius 3 is 2.48 bits per heavy atom. The van der Waals surface area contributed by atoms with Gasteiger partial charge in [0.15, 0.2) is 0 Å². The van der Waals surface area contributed by atoms with Crippen molar-refractivity contribution in [3.8, 4) is 11.6 Å². The first-order chi connectivity index (χ1) is 10.8. The maximum atomic E-state index is 5.82. The van der Waals surface area contributed by atoms with Crippen LogP contribution in [0, 0.1) is 0 Å². The van der Waals surface area contributed by atoms with Crippen molar-refractivity contribution in [3.63, 3.8) is 0 Å². The maximum Gasteiger partial charge on any atom is 0.269 e. The zero-order valence-corrected chi connectivity index (χ0v) is 15.0. The predicted octanol–water partition coefficient (Wildman–Crippen LogP) is 4.19. The molecule has 0 spiro atoms. The molecule has 1 aromatic carbocycles. The molecule has 1 aromatic heterocycles. The third-order valence-electron chi connectivity index (χ3n) is 3.50. The minimum Gasteiger partial charge on any atom is -0.481 e. The number of pyridine rings is 1. The first kappa shape index (κ1) is 17.2. The van der Waals surface area contributed by atoms with E-state index < -0.39 is 0 Å². The summed E-state index contributed by atoms with van der Waals surface area (Å²) in [5, 5.41) is 0.364. The maximum absolute atomic E-state index is 5.82. The summed E-state index contributed by atoms with van der Waals surface area (Å²) in [5.74, 6) is 1.29. The van der Waals surface area contributed by atoms with Crippen molar-refractivity contribution in [2.24, 2.45) is 0 Å². The molecular weight excluding hydrogens is 308 g/mol. The standard InChI is InChI=1S/C18H22N2O2S/c1-18(2,3)13-7-6-8-15(11-13)22-17(23)20(4)14-9-10-16(21-5)19-12-14/h6-12H,1-5H3. The van der Waals surface area contributed by atoms with Crippen molar-refractivity contribution in [1.29, 1.82) is 0 Å². The Hall–Kier alpha value is -2.14. The van der Waals surface area contributed by atoms with Crippen molar-refractivity contribution in [1.82, 2.24) is 4.98 Å². The van der Waals surface area contributed by atoms with Gasteiger partial charge in [0.05, 0.1) is 19.0 Å². The molecule has 0 atom stereocenters. The minimum absolute atomic E-state index is 0.0623. The second kappa shape index (κ2) is 6.96. The van der Waals surface area contributed by atoms with Gasteiger partial charge in [-0.3, -0.25) is 0 Å². The average Bonchev–Trinajstić information content (AvgIpc) is 2.53. The summed E-state index contributed by atoms with van der Waals surface area (Å²) >= 11 is 5.38.